The fourth-order valence-corrected chi connectivity index (χ4v) is 3.72. The van der Waals surface area contributed by atoms with Crippen molar-refractivity contribution in [3.05, 3.63) is 82.1 Å². The molecule has 0 aliphatic heterocycles. The summed E-state index contributed by atoms with van der Waals surface area (Å²) >= 11 is 7.38. The Balaban J connectivity index is 1.65. The van der Waals surface area contributed by atoms with Crippen LogP contribution >= 0.6 is 23.4 Å². The van der Waals surface area contributed by atoms with E-state index in [1.807, 2.05) is 23.6 Å². The minimum Gasteiger partial charge on any atom is -0.481 e. The zero-order valence-electron chi connectivity index (χ0n) is 17.1. The summed E-state index contributed by atoms with van der Waals surface area (Å²) in [6.07, 6.45) is 1.27. The number of halogens is 1. The number of hydrogen-bond donors (Lipinski definition) is 1. The van der Waals surface area contributed by atoms with Crippen molar-refractivity contribution in [2.45, 2.75) is 24.7 Å². The van der Waals surface area contributed by atoms with E-state index >= 15 is 0 Å². The third-order valence-electron chi connectivity index (χ3n) is 4.26. The molecule has 11 heteroatoms. The van der Waals surface area contributed by atoms with Gasteiger partial charge >= 0.3 is 0 Å². The highest BCUT2D eigenvalue weighted by Gasteiger charge is 2.20. The molecular formula is C21H20ClN5O4S. The molecule has 3 rings (SSSR count). The predicted molar refractivity (Wildman–Crippen MR) is 123 cm³/mol. The van der Waals surface area contributed by atoms with E-state index in [-0.39, 0.29) is 17.3 Å². The van der Waals surface area contributed by atoms with Crippen molar-refractivity contribution in [3.63, 3.8) is 0 Å². The van der Waals surface area contributed by atoms with Crippen LogP contribution in [0.1, 0.15) is 18.9 Å². The van der Waals surface area contributed by atoms with Gasteiger partial charge in [-0.05, 0) is 31.2 Å². The standard InChI is InChI=1S/C21H20ClN5O4S/c1-3-12-26-20(14(2)31-18-7-5-4-6-17(18)22)24-25-21(26)32-13-19(28)23-15-8-10-16(11-9-15)27(29)30/h3-11,14H,1,12-13H2,2H3,(H,23,28). The van der Waals surface area contributed by atoms with Gasteiger partial charge in [0.2, 0.25) is 5.91 Å². The molecule has 166 valence electrons. The topological polar surface area (TPSA) is 112 Å². The molecule has 2 aromatic carbocycles. The van der Waals surface area contributed by atoms with Gasteiger partial charge in [-0.25, -0.2) is 0 Å². The van der Waals surface area contributed by atoms with Crippen LogP contribution in [0.15, 0.2) is 66.3 Å². The first kappa shape index (κ1) is 23.3. The maximum atomic E-state index is 12.3. The molecule has 0 spiro atoms. The van der Waals surface area contributed by atoms with Crippen LogP contribution in [0.2, 0.25) is 5.02 Å². The van der Waals surface area contributed by atoms with Crippen molar-refractivity contribution in [3.8, 4) is 5.75 Å². The van der Waals surface area contributed by atoms with Gasteiger partial charge in [0.1, 0.15) is 5.75 Å². The lowest BCUT2D eigenvalue weighted by atomic mass is 10.3. The van der Waals surface area contributed by atoms with Gasteiger partial charge in [0.25, 0.3) is 5.69 Å². The lowest BCUT2D eigenvalue weighted by Gasteiger charge is -2.16. The van der Waals surface area contributed by atoms with Crippen molar-refractivity contribution in [2.75, 3.05) is 11.1 Å². The van der Waals surface area contributed by atoms with Gasteiger partial charge in [-0.2, -0.15) is 0 Å². The summed E-state index contributed by atoms with van der Waals surface area (Å²) in [6.45, 7) is 6.04. The van der Waals surface area contributed by atoms with E-state index in [2.05, 4.69) is 22.1 Å². The molecular weight excluding hydrogens is 454 g/mol. The highest BCUT2D eigenvalue weighted by molar-refractivity contribution is 7.99. The number of benzene rings is 2. The first-order chi connectivity index (χ1) is 15.4. The van der Waals surface area contributed by atoms with E-state index in [9.17, 15) is 14.9 Å². The van der Waals surface area contributed by atoms with Crippen LogP contribution < -0.4 is 10.1 Å². The molecule has 1 aromatic heterocycles. The van der Waals surface area contributed by atoms with E-state index in [1.54, 1.807) is 18.2 Å². The second-order valence-electron chi connectivity index (χ2n) is 6.57. The maximum absolute atomic E-state index is 12.3. The summed E-state index contributed by atoms with van der Waals surface area (Å²) in [4.78, 5) is 22.5. The molecule has 9 nitrogen and oxygen atoms in total. The highest BCUT2D eigenvalue weighted by Crippen LogP contribution is 2.29. The Morgan fingerprint density at radius 3 is 2.69 bits per heavy atom. The van der Waals surface area contributed by atoms with Crippen LogP contribution in [-0.2, 0) is 11.3 Å². The van der Waals surface area contributed by atoms with Crippen molar-refractivity contribution < 1.29 is 14.5 Å². The maximum Gasteiger partial charge on any atom is 0.269 e. The zero-order chi connectivity index (χ0) is 23.1. The Bertz CT molecular complexity index is 1120. The first-order valence-corrected chi connectivity index (χ1v) is 10.9. The van der Waals surface area contributed by atoms with Crippen molar-refractivity contribution >= 4 is 40.6 Å². The molecule has 1 unspecified atom stereocenters. The van der Waals surface area contributed by atoms with Gasteiger partial charge in [-0.1, -0.05) is 41.6 Å². The van der Waals surface area contributed by atoms with Crippen molar-refractivity contribution in [1.29, 1.82) is 0 Å². The number of carbonyl (C=O) groups is 1. The fourth-order valence-electron chi connectivity index (χ4n) is 2.79. The summed E-state index contributed by atoms with van der Waals surface area (Å²) in [5, 5.41) is 22.9. The van der Waals surface area contributed by atoms with E-state index in [4.69, 9.17) is 16.3 Å². The molecule has 1 heterocycles. The largest absolute Gasteiger partial charge is 0.481 e. The molecule has 0 radical (unpaired) electrons. The number of rotatable bonds is 10. The van der Waals surface area contributed by atoms with Gasteiger partial charge in [0.05, 0.1) is 15.7 Å². The predicted octanol–water partition coefficient (Wildman–Crippen LogP) is 4.90. The SMILES string of the molecule is C=CCn1c(SCC(=O)Nc2ccc([N+](=O)[O-])cc2)nnc1C(C)Oc1ccccc1Cl. The van der Waals surface area contributed by atoms with E-state index in [0.29, 0.717) is 34.0 Å². The normalized spacial score (nSPS) is 11.6. The average molecular weight is 474 g/mol. The highest BCUT2D eigenvalue weighted by atomic mass is 35.5. The van der Waals surface area contributed by atoms with Crippen LogP contribution in [-0.4, -0.2) is 31.3 Å². The van der Waals surface area contributed by atoms with Crippen LogP contribution in [0.5, 0.6) is 5.75 Å². The zero-order valence-corrected chi connectivity index (χ0v) is 18.7. The number of nitrogens with one attached hydrogen (secondary N) is 1. The molecule has 0 aliphatic rings. The van der Waals surface area contributed by atoms with E-state index in [0.717, 1.165) is 0 Å². The van der Waals surface area contributed by atoms with Gasteiger partial charge in [-0.15, -0.1) is 16.8 Å². The fraction of sp³-hybridized carbons (Fsp3) is 0.190. The number of aromatic nitrogens is 3. The lowest BCUT2D eigenvalue weighted by molar-refractivity contribution is -0.384. The molecule has 0 saturated carbocycles. The number of hydrogen-bond acceptors (Lipinski definition) is 7. The number of nitro benzene ring substituents is 1. The summed E-state index contributed by atoms with van der Waals surface area (Å²) in [7, 11) is 0. The number of allylic oxidation sites excluding steroid dienone is 1. The third-order valence-corrected chi connectivity index (χ3v) is 5.53. The Morgan fingerprint density at radius 1 is 1.31 bits per heavy atom. The Hall–Kier alpha value is -3.37. The van der Waals surface area contributed by atoms with E-state index in [1.165, 1.54) is 36.0 Å². The number of carbonyl (C=O) groups excluding carboxylic acids is 1. The minimum atomic E-state index is -0.498. The molecule has 0 aliphatic carbocycles. The second-order valence-corrected chi connectivity index (χ2v) is 7.92. The summed E-state index contributed by atoms with van der Waals surface area (Å²) in [5.41, 5.74) is 0.423. The first-order valence-electron chi connectivity index (χ1n) is 9.51. The number of ether oxygens (including phenoxy) is 1. The van der Waals surface area contributed by atoms with Crippen LogP contribution in [0.3, 0.4) is 0 Å². The number of para-hydroxylation sites is 1. The number of non-ortho nitro benzene ring substituents is 1. The number of nitro groups is 1. The number of nitrogens with zero attached hydrogens (tertiary/aromatic N) is 4. The second kappa shape index (κ2) is 10.8. The smallest absolute Gasteiger partial charge is 0.269 e. The summed E-state index contributed by atoms with van der Waals surface area (Å²) in [6, 6.07) is 12.8. The Labute approximate surface area is 193 Å². The van der Waals surface area contributed by atoms with Crippen LogP contribution in [0.4, 0.5) is 11.4 Å². The Morgan fingerprint density at radius 2 is 2.03 bits per heavy atom. The number of thioether (sulfide) groups is 1. The number of anilines is 1. The van der Waals surface area contributed by atoms with Crippen LogP contribution in [0.25, 0.3) is 0 Å². The van der Waals surface area contributed by atoms with E-state index < -0.39 is 11.0 Å². The van der Waals surface area contributed by atoms with Gasteiger partial charge in [-0.3, -0.25) is 19.5 Å². The quantitative estimate of drug-likeness (QED) is 0.193. The van der Waals surface area contributed by atoms with Crippen molar-refractivity contribution in [2.24, 2.45) is 0 Å². The monoisotopic (exact) mass is 473 g/mol. The molecule has 0 bridgehead atoms. The molecule has 1 amide bonds. The lowest BCUT2D eigenvalue weighted by Crippen LogP contribution is -2.15. The van der Waals surface area contributed by atoms with Crippen LogP contribution in [0, 0.1) is 10.1 Å². The molecule has 1 atom stereocenters. The summed E-state index contributed by atoms with van der Waals surface area (Å²) < 4.78 is 7.75. The van der Waals surface area contributed by atoms with Crippen molar-refractivity contribution in [1.82, 2.24) is 14.8 Å². The summed E-state index contributed by atoms with van der Waals surface area (Å²) in [5.74, 6) is 0.903. The Kier molecular flexibility index (Phi) is 7.85. The van der Waals surface area contributed by atoms with Gasteiger partial charge in [0.15, 0.2) is 17.1 Å². The molecule has 32 heavy (non-hydrogen) atoms. The van der Waals surface area contributed by atoms with Gasteiger partial charge < -0.3 is 10.1 Å². The minimum absolute atomic E-state index is 0.0458. The number of amides is 1. The molecule has 0 saturated heterocycles. The molecule has 0 fully saturated rings. The van der Waals surface area contributed by atoms with Gasteiger partial charge in [0, 0.05) is 24.4 Å². The molecule has 1 N–H and O–H groups in total. The molecule has 3 aromatic rings. The average Bonchev–Trinajstić information content (AvgIpc) is 3.17. The third kappa shape index (κ3) is 5.86.